The number of halogens is 4. The molecule has 0 amide bonds. The molecule has 0 aliphatic carbocycles. The van der Waals surface area contributed by atoms with Gasteiger partial charge in [0.2, 0.25) is 0 Å². The fourth-order valence-electron chi connectivity index (χ4n) is 2.43. The summed E-state index contributed by atoms with van der Waals surface area (Å²) in [6, 6.07) is 2.38. The molecule has 2 rings (SSSR count). The Bertz CT molecular complexity index is 456. The fraction of sp³-hybridized carbons (Fsp3) is 0.538. The minimum absolute atomic E-state index is 0.0570. The van der Waals surface area contributed by atoms with Crippen LogP contribution in [-0.2, 0) is 6.18 Å². The van der Waals surface area contributed by atoms with Crippen molar-refractivity contribution in [1.82, 2.24) is 5.32 Å². The fourth-order valence-corrected chi connectivity index (χ4v) is 2.67. The number of hydrogen-bond donors (Lipinski definition) is 1. The van der Waals surface area contributed by atoms with Gasteiger partial charge in [0.1, 0.15) is 5.75 Å². The van der Waals surface area contributed by atoms with Crippen molar-refractivity contribution < 1.29 is 17.9 Å². The molecule has 19 heavy (non-hydrogen) atoms. The summed E-state index contributed by atoms with van der Waals surface area (Å²) in [5, 5.41) is 3.34. The smallest absolute Gasteiger partial charge is 0.416 e. The molecule has 2 nitrogen and oxygen atoms in total. The molecule has 6 heteroatoms. The molecule has 1 aromatic carbocycles. The Labute approximate surface area is 114 Å². The molecule has 0 radical (unpaired) electrons. The molecule has 1 heterocycles. The molecule has 1 saturated heterocycles. The van der Waals surface area contributed by atoms with Crippen LogP contribution in [0.1, 0.15) is 29.9 Å². The minimum Gasteiger partial charge on any atom is -0.495 e. The van der Waals surface area contributed by atoms with Gasteiger partial charge in [-0.25, -0.2) is 0 Å². The molecule has 1 aliphatic rings. The van der Waals surface area contributed by atoms with Gasteiger partial charge < -0.3 is 10.1 Å². The predicted molar refractivity (Wildman–Crippen MR) is 67.9 cm³/mol. The molecule has 0 aromatic heterocycles. The van der Waals surface area contributed by atoms with E-state index in [1.54, 1.807) is 0 Å². The molecule has 1 N–H and O–H groups in total. The predicted octanol–water partition coefficient (Wildman–Crippen LogP) is 3.83. The molecule has 1 aliphatic heterocycles. The molecule has 0 bridgehead atoms. The summed E-state index contributed by atoms with van der Waals surface area (Å²) in [6.07, 6.45) is -2.80. The molecule has 1 aromatic rings. The Morgan fingerprint density at radius 1 is 1.37 bits per heavy atom. The van der Waals surface area contributed by atoms with Crippen molar-refractivity contribution in [2.45, 2.75) is 24.9 Å². The lowest BCUT2D eigenvalue weighted by atomic mass is 9.88. The first kappa shape index (κ1) is 14.5. The average molecular weight is 294 g/mol. The number of nitrogens with one attached hydrogen (secondary N) is 1. The number of piperidine rings is 1. The van der Waals surface area contributed by atoms with Gasteiger partial charge in [-0.1, -0.05) is 11.6 Å². The van der Waals surface area contributed by atoms with E-state index in [-0.39, 0.29) is 22.3 Å². The Morgan fingerprint density at radius 2 is 2.11 bits per heavy atom. The Balaban J connectivity index is 2.48. The zero-order chi connectivity index (χ0) is 14.0. The third-order valence-corrected chi connectivity index (χ3v) is 3.66. The van der Waals surface area contributed by atoms with Gasteiger partial charge in [0.15, 0.2) is 0 Å². The van der Waals surface area contributed by atoms with Gasteiger partial charge in [0, 0.05) is 6.54 Å². The second kappa shape index (κ2) is 5.59. The summed E-state index contributed by atoms with van der Waals surface area (Å²) in [5.74, 6) is -0.102. The lowest BCUT2D eigenvalue weighted by Crippen LogP contribution is -2.29. The van der Waals surface area contributed by atoms with Gasteiger partial charge >= 0.3 is 6.18 Å². The van der Waals surface area contributed by atoms with Crippen molar-refractivity contribution in [1.29, 1.82) is 0 Å². The Morgan fingerprint density at radius 3 is 2.63 bits per heavy atom. The zero-order valence-electron chi connectivity index (χ0n) is 10.5. The summed E-state index contributed by atoms with van der Waals surface area (Å²) in [7, 11) is 1.31. The maximum Gasteiger partial charge on any atom is 0.416 e. The Hall–Kier alpha value is -0.940. The number of alkyl halides is 3. The summed E-state index contributed by atoms with van der Waals surface area (Å²) in [4.78, 5) is 0. The lowest BCUT2D eigenvalue weighted by Gasteiger charge is -2.26. The van der Waals surface area contributed by atoms with Crippen LogP contribution < -0.4 is 10.1 Å². The van der Waals surface area contributed by atoms with E-state index < -0.39 is 11.7 Å². The largest absolute Gasteiger partial charge is 0.495 e. The van der Waals surface area contributed by atoms with Crippen LogP contribution in [0, 0.1) is 0 Å². The van der Waals surface area contributed by atoms with Crippen LogP contribution in [0.5, 0.6) is 5.75 Å². The maximum atomic E-state index is 13.1. The van der Waals surface area contributed by atoms with Crippen molar-refractivity contribution in [3.8, 4) is 5.75 Å². The van der Waals surface area contributed by atoms with Gasteiger partial charge in [-0.3, -0.25) is 0 Å². The van der Waals surface area contributed by atoms with Gasteiger partial charge in [0.25, 0.3) is 0 Å². The Kier molecular flexibility index (Phi) is 4.26. The molecule has 0 spiro atoms. The second-order valence-corrected chi connectivity index (χ2v) is 5.02. The van der Waals surface area contributed by atoms with E-state index in [0.717, 1.165) is 25.5 Å². The summed E-state index contributed by atoms with van der Waals surface area (Å²) in [6.45, 7) is 1.40. The van der Waals surface area contributed by atoms with Crippen LogP contribution >= 0.6 is 11.6 Å². The van der Waals surface area contributed by atoms with Crippen molar-refractivity contribution in [2.24, 2.45) is 0 Å². The number of hydrogen-bond acceptors (Lipinski definition) is 2. The highest BCUT2D eigenvalue weighted by atomic mass is 35.5. The molecule has 1 fully saturated rings. The van der Waals surface area contributed by atoms with E-state index in [2.05, 4.69) is 5.32 Å². The van der Waals surface area contributed by atoms with E-state index >= 15 is 0 Å². The van der Waals surface area contributed by atoms with Crippen LogP contribution in [-0.4, -0.2) is 20.2 Å². The monoisotopic (exact) mass is 293 g/mol. The highest BCUT2D eigenvalue weighted by Crippen LogP contribution is 2.41. The zero-order valence-corrected chi connectivity index (χ0v) is 11.2. The third kappa shape index (κ3) is 3.15. The molecular weight excluding hydrogens is 279 g/mol. The van der Waals surface area contributed by atoms with Crippen LogP contribution in [0.4, 0.5) is 13.2 Å². The minimum atomic E-state index is -4.40. The first-order valence-electron chi connectivity index (χ1n) is 6.09. The quantitative estimate of drug-likeness (QED) is 0.895. The standard InChI is InChI=1S/C13H15ClF3NO/c1-19-12-6-10(13(15,16)17)9(5-11(12)14)8-3-2-4-18-7-8/h5-6,8,18H,2-4,7H2,1H3. The van der Waals surface area contributed by atoms with E-state index in [9.17, 15) is 13.2 Å². The summed E-state index contributed by atoms with van der Waals surface area (Å²) < 4.78 is 44.3. The van der Waals surface area contributed by atoms with E-state index in [4.69, 9.17) is 16.3 Å². The van der Waals surface area contributed by atoms with Crippen LogP contribution in [0.3, 0.4) is 0 Å². The molecular formula is C13H15ClF3NO. The van der Waals surface area contributed by atoms with Crippen molar-refractivity contribution in [2.75, 3.05) is 20.2 Å². The van der Waals surface area contributed by atoms with Crippen molar-refractivity contribution >= 4 is 11.6 Å². The maximum absolute atomic E-state index is 13.1. The van der Waals surface area contributed by atoms with E-state index in [1.807, 2.05) is 0 Å². The topological polar surface area (TPSA) is 21.3 Å². The molecule has 1 atom stereocenters. The van der Waals surface area contributed by atoms with Gasteiger partial charge in [-0.15, -0.1) is 0 Å². The number of ether oxygens (including phenoxy) is 1. The van der Waals surface area contributed by atoms with Gasteiger partial charge in [-0.05, 0) is 43.0 Å². The van der Waals surface area contributed by atoms with Crippen molar-refractivity contribution in [3.05, 3.63) is 28.3 Å². The normalized spacial score (nSPS) is 20.4. The second-order valence-electron chi connectivity index (χ2n) is 4.62. The van der Waals surface area contributed by atoms with Gasteiger partial charge in [-0.2, -0.15) is 13.2 Å². The van der Waals surface area contributed by atoms with E-state index in [1.165, 1.54) is 13.2 Å². The molecule has 1 unspecified atom stereocenters. The lowest BCUT2D eigenvalue weighted by molar-refractivity contribution is -0.138. The van der Waals surface area contributed by atoms with Gasteiger partial charge in [0.05, 0.1) is 17.7 Å². The highest BCUT2D eigenvalue weighted by Gasteiger charge is 2.36. The SMILES string of the molecule is COc1cc(C(F)(F)F)c(C2CCCNC2)cc1Cl. The summed E-state index contributed by atoms with van der Waals surface area (Å²) in [5.41, 5.74) is -0.395. The van der Waals surface area contributed by atoms with Crippen LogP contribution in [0.2, 0.25) is 5.02 Å². The summed E-state index contributed by atoms with van der Waals surface area (Å²) >= 11 is 5.96. The third-order valence-electron chi connectivity index (χ3n) is 3.37. The average Bonchev–Trinajstić information content (AvgIpc) is 2.38. The van der Waals surface area contributed by atoms with Crippen LogP contribution in [0.15, 0.2) is 12.1 Å². The number of benzene rings is 1. The molecule has 0 saturated carbocycles. The number of methoxy groups -OCH3 is 1. The van der Waals surface area contributed by atoms with Crippen molar-refractivity contribution in [3.63, 3.8) is 0 Å². The highest BCUT2D eigenvalue weighted by molar-refractivity contribution is 6.32. The first-order valence-corrected chi connectivity index (χ1v) is 6.46. The van der Waals surface area contributed by atoms with E-state index in [0.29, 0.717) is 6.54 Å². The first-order chi connectivity index (χ1) is 8.93. The van der Waals surface area contributed by atoms with Crippen LogP contribution in [0.25, 0.3) is 0 Å². The number of rotatable bonds is 2. The molecule has 106 valence electrons.